The van der Waals surface area contributed by atoms with Gasteiger partial charge in [-0.1, -0.05) is 24.8 Å². The second-order valence-electron chi connectivity index (χ2n) is 5.22. The molecule has 1 aliphatic rings. The predicted molar refractivity (Wildman–Crippen MR) is 83.0 cm³/mol. The zero-order valence-electron chi connectivity index (χ0n) is 12.9. The Hall–Kier alpha value is -1.63. The van der Waals surface area contributed by atoms with Crippen LogP contribution in [0.1, 0.15) is 42.9 Å². The molecule has 0 aliphatic heterocycles. The molecule has 0 aromatic heterocycles. The molecule has 0 fully saturated rings. The highest BCUT2D eigenvalue weighted by atomic mass is 16.7. The van der Waals surface area contributed by atoms with Gasteiger partial charge in [-0.25, -0.2) is 0 Å². The van der Waals surface area contributed by atoms with Crippen LogP contribution in [0.4, 0.5) is 0 Å². The molecule has 1 aromatic carbocycles. The molecule has 0 radical (unpaired) electrons. The third kappa shape index (κ3) is 3.34. The number of nitrogens with zero attached hydrogens (tertiary/aromatic N) is 1. The normalized spacial score (nSPS) is 14.8. The van der Waals surface area contributed by atoms with Crippen molar-refractivity contribution in [2.45, 2.75) is 45.3 Å². The van der Waals surface area contributed by atoms with Crippen LogP contribution >= 0.6 is 0 Å². The van der Waals surface area contributed by atoms with Crippen molar-refractivity contribution in [2.75, 3.05) is 13.2 Å². The lowest BCUT2D eigenvalue weighted by Gasteiger charge is -2.24. The van der Waals surface area contributed by atoms with Crippen molar-refractivity contribution >= 4 is 0 Å². The fourth-order valence-corrected chi connectivity index (χ4v) is 2.97. The summed E-state index contributed by atoms with van der Waals surface area (Å²) in [7, 11) is 0. The van der Waals surface area contributed by atoms with Gasteiger partial charge in [0, 0.05) is 13.2 Å². The van der Waals surface area contributed by atoms with E-state index >= 15 is 0 Å². The number of nitriles is 1. The van der Waals surface area contributed by atoms with E-state index in [2.05, 4.69) is 18.7 Å². The van der Waals surface area contributed by atoms with Crippen molar-refractivity contribution in [3.63, 3.8) is 0 Å². The van der Waals surface area contributed by atoms with Gasteiger partial charge >= 0.3 is 0 Å². The van der Waals surface area contributed by atoms with Crippen molar-refractivity contribution < 1.29 is 9.47 Å². The Morgan fingerprint density at radius 2 is 2.00 bits per heavy atom. The van der Waals surface area contributed by atoms with Gasteiger partial charge in [-0.2, -0.15) is 5.26 Å². The molecule has 0 saturated carbocycles. The first-order valence-electron chi connectivity index (χ1n) is 7.65. The van der Waals surface area contributed by atoms with E-state index < -0.39 is 6.29 Å². The minimum Gasteiger partial charge on any atom is -0.349 e. The van der Waals surface area contributed by atoms with Crippen LogP contribution in [0, 0.1) is 11.3 Å². The molecule has 0 saturated heterocycles. The standard InChI is InChI=1S/C18H23NO2/c1-4-20-18(21-5-2)13(3)17(12-19)16-11-7-9-14-8-6-10-15(14)16/h7,9,11,17-18H,3-6,8,10H2,1-2H3. The maximum atomic E-state index is 9.64. The fourth-order valence-electron chi connectivity index (χ4n) is 2.97. The zero-order valence-corrected chi connectivity index (χ0v) is 12.9. The Kier molecular flexibility index (Phi) is 5.55. The van der Waals surface area contributed by atoms with Crippen LogP contribution in [-0.2, 0) is 22.3 Å². The van der Waals surface area contributed by atoms with Crippen LogP contribution < -0.4 is 0 Å². The molecule has 2 rings (SSSR count). The molecular formula is C18H23NO2. The van der Waals surface area contributed by atoms with Gasteiger partial charge in [0.1, 0.15) is 0 Å². The molecule has 0 spiro atoms. The van der Waals surface area contributed by atoms with Gasteiger partial charge in [0.25, 0.3) is 0 Å². The number of benzene rings is 1. The molecule has 1 aromatic rings. The fraction of sp³-hybridized carbons (Fsp3) is 0.500. The van der Waals surface area contributed by atoms with E-state index in [1.54, 1.807) is 0 Å². The molecular weight excluding hydrogens is 262 g/mol. The molecule has 0 N–H and O–H groups in total. The first-order chi connectivity index (χ1) is 10.2. The molecule has 0 bridgehead atoms. The third-order valence-corrected chi connectivity index (χ3v) is 3.93. The molecule has 1 atom stereocenters. The molecule has 1 unspecified atom stereocenters. The van der Waals surface area contributed by atoms with Crippen LogP contribution in [0.25, 0.3) is 0 Å². The van der Waals surface area contributed by atoms with E-state index in [4.69, 9.17) is 9.47 Å². The van der Waals surface area contributed by atoms with Gasteiger partial charge in [0.15, 0.2) is 6.29 Å². The van der Waals surface area contributed by atoms with E-state index in [-0.39, 0.29) is 5.92 Å². The number of hydrogen-bond acceptors (Lipinski definition) is 3. The maximum Gasteiger partial charge on any atom is 0.181 e. The monoisotopic (exact) mass is 285 g/mol. The highest BCUT2D eigenvalue weighted by Gasteiger charge is 2.27. The smallest absolute Gasteiger partial charge is 0.181 e. The Morgan fingerprint density at radius 1 is 1.29 bits per heavy atom. The topological polar surface area (TPSA) is 42.2 Å². The van der Waals surface area contributed by atoms with Gasteiger partial charge in [-0.05, 0) is 55.4 Å². The summed E-state index contributed by atoms with van der Waals surface area (Å²) in [6.45, 7) is 9.00. The van der Waals surface area contributed by atoms with Crippen molar-refractivity contribution in [3.05, 3.63) is 47.0 Å². The maximum absolute atomic E-state index is 9.64. The first-order valence-corrected chi connectivity index (χ1v) is 7.65. The first kappa shape index (κ1) is 15.8. The summed E-state index contributed by atoms with van der Waals surface area (Å²) in [5, 5.41) is 9.64. The number of ether oxygens (including phenoxy) is 2. The van der Waals surface area contributed by atoms with Gasteiger partial charge in [0.05, 0.1) is 12.0 Å². The highest BCUT2D eigenvalue weighted by molar-refractivity contribution is 5.46. The molecule has 21 heavy (non-hydrogen) atoms. The average molecular weight is 285 g/mol. The van der Waals surface area contributed by atoms with Gasteiger partial charge in [0.2, 0.25) is 0 Å². The van der Waals surface area contributed by atoms with Crippen molar-refractivity contribution in [3.8, 4) is 6.07 Å². The summed E-state index contributed by atoms with van der Waals surface area (Å²) in [4.78, 5) is 0. The van der Waals surface area contributed by atoms with Crippen LogP contribution in [0.15, 0.2) is 30.4 Å². The zero-order chi connectivity index (χ0) is 15.2. The second kappa shape index (κ2) is 7.40. The number of hydrogen-bond donors (Lipinski definition) is 0. The molecule has 3 nitrogen and oxygen atoms in total. The van der Waals surface area contributed by atoms with Gasteiger partial charge in [-0.15, -0.1) is 0 Å². The third-order valence-electron chi connectivity index (χ3n) is 3.93. The Bertz CT molecular complexity index is 539. The van der Waals surface area contributed by atoms with Crippen molar-refractivity contribution in [2.24, 2.45) is 0 Å². The SMILES string of the molecule is C=C(C(OCC)OCC)C(C#N)c1cccc2c1CCC2. The van der Waals surface area contributed by atoms with Gasteiger partial charge in [-0.3, -0.25) is 0 Å². The van der Waals surface area contributed by atoms with Crippen LogP contribution in [0.3, 0.4) is 0 Å². The van der Waals surface area contributed by atoms with Crippen molar-refractivity contribution in [1.82, 2.24) is 0 Å². The summed E-state index contributed by atoms with van der Waals surface area (Å²) >= 11 is 0. The van der Waals surface area contributed by atoms with E-state index in [9.17, 15) is 5.26 Å². The van der Waals surface area contributed by atoms with E-state index in [1.165, 1.54) is 11.1 Å². The Morgan fingerprint density at radius 3 is 2.62 bits per heavy atom. The molecule has 0 amide bonds. The Balaban J connectivity index is 2.29. The molecule has 0 heterocycles. The van der Waals surface area contributed by atoms with Crippen LogP contribution in [0.2, 0.25) is 0 Å². The lowest BCUT2D eigenvalue weighted by Crippen LogP contribution is -2.23. The minimum atomic E-state index is -0.512. The van der Waals surface area contributed by atoms with Crippen molar-refractivity contribution in [1.29, 1.82) is 5.26 Å². The Labute approximate surface area is 127 Å². The van der Waals surface area contributed by atoms with Crippen LogP contribution in [-0.4, -0.2) is 19.5 Å². The average Bonchev–Trinajstić information content (AvgIpc) is 2.97. The molecule has 112 valence electrons. The summed E-state index contributed by atoms with van der Waals surface area (Å²) in [5.74, 6) is -0.374. The van der Waals surface area contributed by atoms with E-state index in [1.807, 2.05) is 26.0 Å². The summed E-state index contributed by atoms with van der Waals surface area (Å²) in [5.41, 5.74) is 4.45. The summed E-state index contributed by atoms with van der Waals surface area (Å²) in [6.07, 6.45) is 2.80. The highest BCUT2D eigenvalue weighted by Crippen LogP contribution is 2.34. The van der Waals surface area contributed by atoms with E-state index in [0.717, 1.165) is 24.8 Å². The predicted octanol–water partition coefficient (Wildman–Crippen LogP) is 3.74. The number of rotatable bonds is 7. The minimum absolute atomic E-state index is 0.374. The van der Waals surface area contributed by atoms with Crippen LogP contribution in [0.5, 0.6) is 0 Å². The van der Waals surface area contributed by atoms with E-state index in [0.29, 0.717) is 18.8 Å². The van der Waals surface area contributed by atoms with Gasteiger partial charge < -0.3 is 9.47 Å². The number of aryl methyl sites for hydroxylation is 1. The summed E-state index contributed by atoms with van der Waals surface area (Å²) in [6, 6.07) is 8.62. The number of fused-ring (bicyclic) bond motifs is 1. The molecule has 3 heteroatoms. The quantitative estimate of drug-likeness (QED) is 0.566. The largest absolute Gasteiger partial charge is 0.349 e. The molecule has 1 aliphatic carbocycles. The lowest BCUT2D eigenvalue weighted by atomic mass is 9.88. The lowest BCUT2D eigenvalue weighted by molar-refractivity contribution is -0.112. The second-order valence-corrected chi connectivity index (χ2v) is 5.22. The summed E-state index contributed by atoms with van der Waals surface area (Å²) < 4.78 is 11.2.